The average Bonchev–Trinajstić information content (AvgIpc) is 2.42. The molecule has 2 heteroatoms. The summed E-state index contributed by atoms with van der Waals surface area (Å²) >= 11 is 0. The highest BCUT2D eigenvalue weighted by Crippen LogP contribution is 2.13. The second-order valence-electron chi connectivity index (χ2n) is 4.79. The van der Waals surface area contributed by atoms with Crippen LogP contribution in [0.25, 0.3) is 0 Å². The van der Waals surface area contributed by atoms with E-state index < -0.39 is 0 Å². The number of hydrogen-bond donors (Lipinski definition) is 0. The molecule has 1 aromatic rings. The standard InChI is InChI=1S/C16H27OP/c1-2-3-4-5-6-7-8-12-15-17-18-16-13-10-9-11-14-16/h9-11,13-14,18H,2-8,12,15H2,1H3. The molecule has 0 bridgehead atoms. The van der Waals surface area contributed by atoms with Crippen molar-refractivity contribution in [3.05, 3.63) is 30.3 Å². The first-order valence-corrected chi connectivity index (χ1v) is 8.27. The van der Waals surface area contributed by atoms with E-state index in [1.54, 1.807) is 0 Å². The molecule has 0 aromatic heterocycles. The zero-order valence-electron chi connectivity index (χ0n) is 11.7. The molecule has 1 atom stereocenters. The van der Waals surface area contributed by atoms with Crippen molar-refractivity contribution in [3.8, 4) is 0 Å². The average molecular weight is 266 g/mol. The Bertz CT molecular complexity index is 274. The van der Waals surface area contributed by atoms with Crippen LogP contribution in [0, 0.1) is 0 Å². The topological polar surface area (TPSA) is 9.23 Å². The third-order valence-electron chi connectivity index (χ3n) is 3.06. The summed E-state index contributed by atoms with van der Waals surface area (Å²) in [5.74, 6) is 0. The fraction of sp³-hybridized carbons (Fsp3) is 0.625. The van der Waals surface area contributed by atoms with Gasteiger partial charge in [0.25, 0.3) is 0 Å². The highest BCUT2D eigenvalue weighted by Gasteiger charge is 1.94. The summed E-state index contributed by atoms with van der Waals surface area (Å²) in [6, 6.07) is 10.5. The maximum absolute atomic E-state index is 5.69. The van der Waals surface area contributed by atoms with Crippen LogP contribution in [0.2, 0.25) is 0 Å². The summed E-state index contributed by atoms with van der Waals surface area (Å²) in [5.41, 5.74) is 0. The molecule has 0 fully saturated rings. The third kappa shape index (κ3) is 8.66. The minimum atomic E-state index is 0.517. The van der Waals surface area contributed by atoms with E-state index in [1.165, 1.54) is 56.7 Å². The van der Waals surface area contributed by atoms with Gasteiger partial charge < -0.3 is 4.52 Å². The van der Waals surface area contributed by atoms with Crippen LogP contribution in [0.5, 0.6) is 0 Å². The second-order valence-corrected chi connectivity index (χ2v) is 5.86. The van der Waals surface area contributed by atoms with Crippen LogP contribution in [-0.4, -0.2) is 6.61 Å². The van der Waals surface area contributed by atoms with Crippen molar-refractivity contribution in [1.82, 2.24) is 0 Å². The monoisotopic (exact) mass is 266 g/mol. The van der Waals surface area contributed by atoms with Gasteiger partial charge in [-0.25, -0.2) is 0 Å². The molecular formula is C16H27OP. The van der Waals surface area contributed by atoms with Gasteiger partial charge >= 0.3 is 0 Å². The van der Waals surface area contributed by atoms with Crippen LogP contribution in [0.1, 0.15) is 58.3 Å². The zero-order chi connectivity index (χ0) is 12.9. The van der Waals surface area contributed by atoms with Gasteiger partial charge in [0.05, 0.1) is 6.61 Å². The van der Waals surface area contributed by atoms with E-state index in [2.05, 4.69) is 31.2 Å². The molecule has 0 spiro atoms. The maximum atomic E-state index is 5.69. The molecule has 0 radical (unpaired) electrons. The predicted molar refractivity (Wildman–Crippen MR) is 83.0 cm³/mol. The van der Waals surface area contributed by atoms with E-state index in [-0.39, 0.29) is 0 Å². The highest BCUT2D eigenvalue weighted by atomic mass is 31.1. The molecule has 1 rings (SSSR count). The first-order valence-electron chi connectivity index (χ1n) is 7.36. The third-order valence-corrected chi connectivity index (χ3v) is 3.98. The first kappa shape index (κ1) is 15.7. The molecule has 0 aliphatic rings. The van der Waals surface area contributed by atoms with E-state index in [4.69, 9.17) is 4.52 Å². The lowest BCUT2D eigenvalue weighted by Crippen LogP contribution is -1.95. The number of rotatable bonds is 11. The Morgan fingerprint density at radius 3 is 2.11 bits per heavy atom. The van der Waals surface area contributed by atoms with Gasteiger partial charge in [0.2, 0.25) is 0 Å². The van der Waals surface area contributed by atoms with Crippen molar-refractivity contribution >= 4 is 14.1 Å². The summed E-state index contributed by atoms with van der Waals surface area (Å²) in [5, 5.41) is 1.30. The van der Waals surface area contributed by atoms with Gasteiger partial charge in [-0.3, -0.25) is 0 Å². The van der Waals surface area contributed by atoms with Crippen LogP contribution < -0.4 is 5.30 Å². The van der Waals surface area contributed by atoms with Crippen molar-refractivity contribution in [3.63, 3.8) is 0 Å². The van der Waals surface area contributed by atoms with Gasteiger partial charge in [-0.15, -0.1) is 0 Å². The second kappa shape index (κ2) is 11.7. The molecule has 0 saturated carbocycles. The summed E-state index contributed by atoms with van der Waals surface area (Å²) in [7, 11) is 0.517. The van der Waals surface area contributed by atoms with Crippen molar-refractivity contribution in [2.75, 3.05) is 6.61 Å². The summed E-state index contributed by atoms with van der Waals surface area (Å²) in [4.78, 5) is 0. The SMILES string of the molecule is CCCCCCCCCCOPc1ccccc1. The van der Waals surface area contributed by atoms with Crippen molar-refractivity contribution in [2.24, 2.45) is 0 Å². The normalized spacial score (nSPS) is 11.4. The molecular weight excluding hydrogens is 239 g/mol. The molecule has 1 nitrogen and oxygen atoms in total. The molecule has 18 heavy (non-hydrogen) atoms. The van der Waals surface area contributed by atoms with Crippen molar-refractivity contribution < 1.29 is 4.52 Å². The Morgan fingerprint density at radius 1 is 0.833 bits per heavy atom. The molecule has 0 saturated heterocycles. The Labute approximate surface area is 114 Å². The van der Waals surface area contributed by atoms with Crippen LogP contribution >= 0.6 is 8.81 Å². The van der Waals surface area contributed by atoms with E-state index in [1.807, 2.05) is 6.07 Å². The molecule has 0 aliphatic heterocycles. The predicted octanol–water partition coefficient (Wildman–Crippen LogP) is 5.06. The largest absolute Gasteiger partial charge is 0.358 e. The van der Waals surface area contributed by atoms with Crippen LogP contribution in [0.4, 0.5) is 0 Å². The smallest absolute Gasteiger partial charge is 0.0509 e. The van der Waals surface area contributed by atoms with Crippen LogP contribution in [0.15, 0.2) is 30.3 Å². The highest BCUT2D eigenvalue weighted by molar-refractivity contribution is 7.41. The maximum Gasteiger partial charge on any atom is 0.0509 e. The van der Waals surface area contributed by atoms with E-state index in [0.29, 0.717) is 8.81 Å². The van der Waals surface area contributed by atoms with Crippen LogP contribution in [-0.2, 0) is 4.52 Å². The van der Waals surface area contributed by atoms with E-state index in [0.717, 1.165) is 6.61 Å². The van der Waals surface area contributed by atoms with Gasteiger partial charge in [0.15, 0.2) is 0 Å². The van der Waals surface area contributed by atoms with E-state index >= 15 is 0 Å². The molecule has 0 N–H and O–H groups in total. The van der Waals surface area contributed by atoms with Crippen molar-refractivity contribution in [2.45, 2.75) is 58.3 Å². The first-order chi connectivity index (χ1) is 8.93. The molecule has 102 valence electrons. The van der Waals surface area contributed by atoms with Gasteiger partial charge in [0.1, 0.15) is 0 Å². The minimum Gasteiger partial charge on any atom is -0.358 e. The quantitative estimate of drug-likeness (QED) is 0.401. The summed E-state index contributed by atoms with van der Waals surface area (Å²) in [6.45, 7) is 3.19. The number of unbranched alkanes of at least 4 members (excludes halogenated alkanes) is 7. The summed E-state index contributed by atoms with van der Waals surface area (Å²) in [6.07, 6.45) is 10.9. The van der Waals surface area contributed by atoms with Gasteiger partial charge in [-0.1, -0.05) is 82.2 Å². The fourth-order valence-corrected chi connectivity index (χ4v) is 2.69. The molecule has 0 heterocycles. The molecule has 1 unspecified atom stereocenters. The molecule has 1 aromatic carbocycles. The number of hydrogen-bond acceptors (Lipinski definition) is 1. The lowest BCUT2D eigenvalue weighted by molar-refractivity contribution is 0.348. The molecule has 0 amide bonds. The lowest BCUT2D eigenvalue weighted by Gasteiger charge is -2.04. The Morgan fingerprint density at radius 2 is 1.44 bits per heavy atom. The minimum absolute atomic E-state index is 0.517. The van der Waals surface area contributed by atoms with Gasteiger partial charge in [-0.2, -0.15) is 0 Å². The Kier molecular flexibility index (Phi) is 10.2. The van der Waals surface area contributed by atoms with Crippen LogP contribution in [0.3, 0.4) is 0 Å². The molecule has 0 aliphatic carbocycles. The fourth-order valence-electron chi connectivity index (χ4n) is 1.95. The Balaban J connectivity index is 1.82. The summed E-state index contributed by atoms with van der Waals surface area (Å²) < 4.78 is 5.69. The van der Waals surface area contributed by atoms with E-state index in [9.17, 15) is 0 Å². The zero-order valence-corrected chi connectivity index (χ0v) is 12.7. The van der Waals surface area contributed by atoms with Crippen molar-refractivity contribution in [1.29, 1.82) is 0 Å². The Hall–Kier alpha value is -0.390. The number of benzene rings is 1. The van der Waals surface area contributed by atoms with Gasteiger partial charge in [-0.05, 0) is 11.7 Å². The van der Waals surface area contributed by atoms with Gasteiger partial charge in [0, 0.05) is 8.81 Å². The lowest BCUT2D eigenvalue weighted by atomic mass is 10.1.